The monoisotopic (exact) mass is 265 g/mol. The Morgan fingerprint density at radius 3 is 2.58 bits per heavy atom. The number of amides is 3. The van der Waals surface area contributed by atoms with Gasteiger partial charge in [-0.25, -0.2) is 4.79 Å². The van der Waals surface area contributed by atoms with E-state index in [1.807, 2.05) is 13.0 Å². The van der Waals surface area contributed by atoms with Crippen molar-refractivity contribution >= 4 is 11.9 Å². The molecule has 0 saturated heterocycles. The number of nitriles is 1. The van der Waals surface area contributed by atoms with Crippen LogP contribution in [0.25, 0.3) is 0 Å². The number of hydrogen-bond donors (Lipinski definition) is 1. The predicted molar refractivity (Wildman–Crippen MR) is 72.2 cm³/mol. The third-order valence-electron chi connectivity index (χ3n) is 3.47. The van der Waals surface area contributed by atoms with Crippen LogP contribution in [0.3, 0.4) is 0 Å². The summed E-state index contributed by atoms with van der Waals surface area (Å²) in [6.07, 6.45) is 6.31. The fourth-order valence-corrected chi connectivity index (χ4v) is 2.42. The number of nitrogens with one attached hydrogen (secondary N) is 1. The van der Waals surface area contributed by atoms with E-state index in [2.05, 4.69) is 5.32 Å². The quantitative estimate of drug-likeness (QED) is 0.829. The van der Waals surface area contributed by atoms with E-state index in [9.17, 15) is 9.59 Å². The predicted octanol–water partition coefficient (Wildman–Crippen LogP) is 2.43. The van der Waals surface area contributed by atoms with E-state index >= 15 is 0 Å². The molecule has 0 aromatic rings. The molecular formula is C14H23N3O2. The van der Waals surface area contributed by atoms with Gasteiger partial charge in [0.05, 0.1) is 6.07 Å². The van der Waals surface area contributed by atoms with Crippen LogP contribution in [0.1, 0.15) is 51.9 Å². The Balaban J connectivity index is 2.59. The fraction of sp³-hybridized carbons (Fsp3) is 0.786. The van der Waals surface area contributed by atoms with Gasteiger partial charge in [0, 0.05) is 13.1 Å². The van der Waals surface area contributed by atoms with Crippen molar-refractivity contribution in [2.24, 2.45) is 5.92 Å². The normalized spacial score (nSPS) is 15.6. The maximum Gasteiger partial charge on any atom is 0.324 e. The van der Waals surface area contributed by atoms with Crippen LogP contribution in [0.15, 0.2) is 0 Å². The minimum atomic E-state index is -0.387. The Labute approximate surface area is 115 Å². The fourth-order valence-electron chi connectivity index (χ4n) is 2.42. The lowest BCUT2D eigenvalue weighted by Crippen LogP contribution is -2.46. The van der Waals surface area contributed by atoms with Crippen LogP contribution in [0.5, 0.6) is 0 Å². The molecule has 1 N–H and O–H groups in total. The molecule has 0 heterocycles. The summed E-state index contributed by atoms with van der Waals surface area (Å²) in [5.41, 5.74) is 0. The molecular weight excluding hydrogens is 242 g/mol. The van der Waals surface area contributed by atoms with Crippen molar-refractivity contribution < 1.29 is 9.59 Å². The number of hydrogen-bond acceptors (Lipinski definition) is 3. The van der Waals surface area contributed by atoms with E-state index in [4.69, 9.17) is 5.26 Å². The maximum atomic E-state index is 12.0. The molecule has 1 fully saturated rings. The zero-order chi connectivity index (χ0) is 14.1. The Hall–Kier alpha value is -1.57. The van der Waals surface area contributed by atoms with Crippen molar-refractivity contribution in [1.82, 2.24) is 10.2 Å². The molecule has 0 aliphatic heterocycles. The van der Waals surface area contributed by atoms with E-state index in [1.165, 1.54) is 24.2 Å². The standard InChI is InChI=1S/C14H23N3O2/c1-2-10-16-14(19)17(13(18)8-9-15)11-12-6-4-3-5-7-12/h12H,2-8,10-11H2,1H3,(H,16,19). The lowest BCUT2D eigenvalue weighted by Gasteiger charge is -2.28. The first-order chi connectivity index (χ1) is 9.19. The first-order valence-electron chi connectivity index (χ1n) is 7.14. The summed E-state index contributed by atoms with van der Waals surface area (Å²) in [7, 11) is 0. The van der Waals surface area contributed by atoms with Crippen molar-refractivity contribution in [1.29, 1.82) is 5.26 Å². The highest BCUT2D eigenvalue weighted by molar-refractivity contribution is 5.95. The molecule has 1 aliphatic carbocycles. The minimum absolute atomic E-state index is 0.230. The molecule has 5 heteroatoms. The molecule has 1 rings (SSSR count). The summed E-state index contributed by atoms with van der Waals surface area (Å²) < 4.78 is 0. The second-order valence-electron chi connectivity index (χ2n) is 5.08. The van der Waals surface area contributed by atoms with Crippen LogP contribution in [-0.4, -0.2) is 29.9 Å². The van der Waals surface area contributed by atoms with Gasteiger partial charge < -0.3 is 5.32 Å². The second-order valence-corrected chi connectivity index (χ2v) is 5.08. The van der Waals surface area contributed by atoms with Crippen LogP contribution in [-0.2, 0) is 4.79 Å². The van der Waals surface area contributed by atoms with Gasteiger partial charge in [0.15, 0.2) is 0 Å². The average molecular weight is 265 g/mol. The van der Waals surface area contributed by atoms with Gasteiger partial charge in [0.1, 0.15) is 6.42 Å². The van der Waals surface area contributed by atoms with Gasteiger partial charge in [-0.1, -0.05) is 26.2 Å². The Kier molecular flexibility index (Phi) is 6.94. The minimum Gasteiger partial charge on any atom is -0.338 e. The van der Waals surface area contributed by atoms with Gasteiger partial charge in [-0.3, -0.25) is 9.69 Å². The molecule has 0 aromatic heterocycles. The first-order valence-corrected chi connectivity index (χ1v) is 7.14. The molecule has 0 unspecified atom stereocenters. The van der Waals surface area contributed by atoms with Crippen LogP contribution in [0.4, 0.5) is 4.79 Å². The highest BCUT2D eigenvalue weighted by Crippen LogP contribution is 2.24. The number of nitrogens with zero attached hydrogens (tertiary/aromatic N) is 2. The van der Waals surface area contributed by atoms with E-state index < -0.39 is 0 Å². The summed E-state index contributed by atoms with van der Waals surface area (Å²) >= 11 is 0. The van der Waals surface area contributed by atoms with Crippen LogP contribution in [0, 0.1) is 17.2 Å². The Bertz CT molecular complexity index is 343. The van der Waals surface area contributed by atoms with Crippen molar-refractivity contribution in [3.63, 3.8) is 0 Å². The first kappa shape index (κ1) is 15.5. The molecule has 1 saturated carbocycles. The highest BCUT2D eigenvalue weighted by Gasteiger charge is 2.25. The Morgan fingerprint density at radius 2 is 2.00 bits per heavy atom. The third-order valence-corrected chi connectivity index (χ3v) is 3.47. The lowest BCUT2D eigenvalue weighted by atomic mass is 9.89. The van der Waals surface area contributed by atoms with Crippen LogP contribution >= 0.6 is 0 Å². The van der Waals surface area contributed by atoms with Crippen molar-refractivity contribution in [3.8, 4) is 6.07 Å². The summed E-state index contributed by atoms with van der Waals surface area (Å²) in [5, 5.41) is 11.3. The maximum absolute atomic E-state index is 12.0. The molecule has 0 spiro atoms. The second kappa shape index (κ2) is 8.52. The van der Waals surface area contributed by atoms with Crippen molar-refractivity contribution in [2.45, 2.75) is 51.9 Å². The molecule has 0 radical (unpaired) electrons. The van der Waals surface area contributed by atoms with Gasteiger partial charge >= 0.3 is 6.03 Å². The lowest BCUT2D eigenvalue weighted by molar-refractivity contribution is -0.127. The van der Waals surface area contributed by atoms with E-state index in [1.54, 1.807) is 0 Å². The summed E-state index contributed by atoms with van der Waals surface area (Å²) in [6.45, 7) is 2.97. The molecule has 106 valence electrons. The van der Waals surface area contributed by atoms with Crippen molar-refractivity contribution in [2.75, 3.05) is 13.1 Å². The molecule has 0 atom stereocenters. The van der Waals surface area contributed by atoms with Gasteiger partial charge in [-0.05, 0) is 25.2 Å². The molecule has 3 amide bonds. The van der Waals surface area contributed by atoms with Gasteiger partial charge in [0.2, 0.25) is 5.91 Å². The molecule has 0 aromatic carbocycles. The van der Waals surface area contributed by atoms with E-state index in [0.717, 1.165) is 19.3 Å². The number of carbonyl (C=O) groups is 2. The molecule has 5 nitrogen and oxygen atoms in total. The zero-order valence-corrected chi connectivity index (χ0v) is 11.7. The topological polar surface area (TPSA) is 73.2 Å². The average Bonchev–Trinajstić information content (AvgIpc) is 2.43. The SMILES string of the molecule is CCCNC(=O)N(CC1CCCCC1)C(=O)CC#N. The third kappa shape index (κ3) is 5.29. The molecule has 19 heavy (non-hydrogen) atoms. The van der Waals surface area contributed by atoms with Crippen LogP contribution in [0.2, 0.25) is 0 Å². The van der Waals surface area contributed by atoms with Gasteiger partial charge in [0.25, 0.3) is 0 Å². The van der Waals surface area contributed by atoms with Crippen LogP contribution < -0.4 is 5.32 Å². The number of rotatable bonds is 5. The molecule has 1 aliphatic rings. The molecule has 0 bridgehead atoms. The zero-order valence-electron chi connectivity index (χ0n) is 11.7. The van der Waals surface area contributed by atoms with Crippen molar-refractivity contribution in [3.05, 3.63) is 0 Å². The van der Waals surface area contributed by atoms with E-state index in [-0.39, 0.29) is 18.4 Å². The largest absolute Gasteiger partial charge is 0.338 e. The number of imide groups is 1. The Morgan fingerprint density at radius 1 is 1.32 bits per heavy atom. The smallest absolute Gasteiger partial charge is 0.324 e. The van der Waals surface area contributed by atoms with Gasteiger partial charge in [-0.2, -0.15) is 5.26 Å². The summed E-state index contributed by atoms with van der Waals surface area (Å²) in [6, 6.07) is 1.47. The summed E-state index contributed by atoms with van der Waals surface area (Å²) in [4.78, 5) is 25.1. The number of urea groups is 1. The number of carbonyl (C=O) groups excluding carboxylic acids is 2. The van der Waals surface area contributed by atoms with E-state index in [0.29, 0.717) is 19.0 Å². The highest BCUT2D eigenvalue weighted by atomic mass is 16.2. The summed E-state index contributed by atoms with van der Waals surface area (Å²) in [5.74, 6) is 0.00504. The van der Waals surface area contributed by atoms with Gasteiger partial charge in [-0.15, -0.1) is 0 Å².